The molecule has 0 aliphatic carbocycles. The maximum Gasteiger partial charge on any atom is -0.0182 e. The topological polar surface area (TPSA) is 0 Å². The Morgan fingerprint density at radius 1 is 1.22 bits per heavy atom. The molecule has 0 aliphatic rings. The average Bonchev–Trinajstić information content (AvgIpc) is 1.64. The second-order valence-electron chi connectivity index (χ2n) is 3.59. The summed E-state index contributed by atoms with van der Waals surface area (Å²) in [5.41, 5.74) is 0. The van der Waals surface area contributed by atoms with E-state index in [2.05, 4.69) is 34.4 Å². The molecule has 0 bridgehead atoms. The Balaban J connectivity index is 3.59. The number of rotatable bonds is 2. The molecule has 0 heterocycles. The Hall–Kier alpha value is 0.430. The molecular weight excluding hydrogens is 127 g/mol. The Morgan fingerprint density at radius 2 is 1.67 bits per heavy atom. The van der Waals surface area contributed by atoms with Crippen molar-refractivity contribution in [1.82, 2.24) is 0 Å². The monoisotopic (exact) mass is 146 g/mol. The molecule has 0 spiro atoms. The van der Waals surface area contributed by atoms with Crippen LogP contribution in [0.15, 0.2) is 0 Å². The SMILES string of the molecule is CCCP(C)C(C)(C)C. The summed E-state index contributed by atoms with van der Waals surface area (Å²) in [5, 5.41) is 0.575. The fraction of sp³-hybridized carbons (Fsp3) is 1.00. The second kappa shape index (κ2) is 3.56. The van der Waals surface area contributed by atoms with Gasteiger partial charge in [0.05, 0.1) is 0 Å². The van der Waals surface area contributed by atoms with E-state index in [1.54, 1.807) is 0 Å². The Labute approximate surface area is 60.8 Å². The summed E-state index contributed by atoms with van der Waals surface area (Å²) in [6.07, 6.45) is 2.78. The first-order chi connectivity index (χ1) is 3.98. The minimum atomic E-state index is 0.278. The van der Waals surface area contributed by atoms with Crippen LogP contribution in [0.25, 0.3) is 0 Å². The maximum absolute atomic E-state index is 2.40. The lowest BCUT2D eigenvalue weighted by Gasteiger charge is -2.27. The first-order valence-corrected chi connectivity index (χ1v) is 5.67. The zero-order valence-electron chi connectivity index (χ0n) is 7.36. The van der Waals surface area contributed by atoms with Crippen molar-refractivity contribution in [1.29, 1.82) is 0 Å². The number of hydrogen-bond donors (Lipinski definition) is 0. The molecule has 0 nitrogen and oxygen atoms in total. The lowest BCUT2D eigenvalue weighted by atomic mass is 10.3. The third-order valence-electron chi connectivity index (χ3n) is 1.70. The van der Waals surface area contributed by atoms with Crippen molar-refractivity contribution in [2.24, 2.45) is 0 Å². The average molecular weight is 146 g/mol. The quantitative estimate of drug-likeness (QED) is 0.524. The van der Waals surface area contributed by atoms with E-state index in [9.17, 15) is 0 Å². The van der Waals surface area contributed by atoms with Gasteiger partial charge in [-0.3, -0.25) is 0 Å². The summed E-state index contributed by atoms with van der Waals surface area (Å²) in [4.78, 5) is 0. The van der Waals surface area contributed by atoms with E-state index >= 15 is 0 Å². The predicted molar refractivity (Wildman–Crippen MR) is 47.8 cm³/mol. The van der Waals surface area contributed by atoms with Gasteiger partial charge in [0.2, 0.25) is 0 Å². The van der Waals surface area contributed by atoms with Crippen LogP contribution in [0, 0.1) is 0 Å². The molecule has 0 saturated carbocycles. The van der Waals surface area contributed by atoms with Crippen molar-refractivity contribution in [3.8, 4) is 0 Å². The molecule has 0 aliphatic heterocycles. The molecule has 0 aromatic heterocycles. The van der Waals surface area contributed by atoms with Gasteiger partial charge >= 0.3 is 0 Å². The zero-order valence-corrected chi connectivity index (χ0v) is 8.26. The highest BCUT2D eigenvalue weighted by molar-refractivity contribution is 7.58. The molecule has 1 heteroatoms. The van der Waals surface area contributed by atoms with Gasteiger partial charge in [-0.1, -0.05) is 34.1 Å². The summed E-state index contributed by atoms with van der Waals surface area (Å²) in [5.74, 6) is 0. The lowest BCUT2D eigenvalue weighted by Crippen LogP contribution is -2.11. The van der Waals surface area contributed by atoms with Crippen LogP contribution in [-0.4, -0.2) is 18.0 Å². The molecule has 1 unspecified atom stereocenters. The van der Waals surface area contributed by atoms with Gasteiger partial charge in [-0.25, -0.2) is 0 Å². The molecule has 1 atom stereocenters. The largest absolute Gasteiger partial charge is 0.104 e. The normalized spacial score (nSPS) is 15.7. The molecule has 0 amide bonds. The lowest BCUT2D eigenvalue weighted by molar-refractivity contribution is 0.780. The smallest absolute Gasteiger partial charge is 0.0182 e. The van der Waals surface area contributed by atoms with Crippen molar-refractivity contribution in [3.63, 3.8) is 0 Å². The van der Waals surface area contributed by atoms with Crippen molar-refractivity contribution >= 4 is 7.92 Å². The van der Waals surface area contributed by atoms with Crippen molar-refractivity contribution in [2.45, 2.75) is 39.3 Å². The molecule has 0 N–H and O–H groups in total. The van der Waals surface area contributed by atoms with E-state index in [0.29, 0.717) is 5.16 Å². The minimum absolute atomic E-state index is 0.278. The highest BCUT2D eigenvalue weighted by atomic mass is 31.1. The van der Waals surface area contributed by atoms with Crippen molar-refractivity contribution in [2.75, 3.05) is 12.8 Å². The van der Waals surface area contributed by atoms with E-state index < -0.39 is 0 Å². The fourth-order valence-corrected chi connectivity index (χ4v) is 2.01. The van der Waals surface area contributed by atoms with Gasteiger partial charge in [-0.15, -0.1) is 7.92 Å². The van der Waals surface area contributed by atoms with Crippen LogP contribution in [0.4, 0.5) is 0 Å². The molecule has 0 rings (SSSR count). The van der Waals surface area contributed by atoms with Gasteiger partial charge in [-0.05, 0) is 18.0 Å². The third kappa shape index (κ3) is 3.92. The summed E-state index contributed by atoms with van der Waals surface area (Å²) in [7, 11) is 0.278. The Morgan fingerprint density at radius 3 is 1.78 bits per heavy atom. The van der Waals surface area contributed by atoms with Crippen LogP contribution in [0.1, 0.15) is 34.1 Å². The van der Waals surface area contributed by atoms with E-state index in [-0.39, 0.29) is 7.92 Å². The van der Waals surface area contributed by atoms with Gasteiger partial charge in [0.15, 0.2) is 0 Å². The van der Waals surface area contributed by atoms with E-state index in [1.165, 1.54) is 12.6 Å². The fourth-order valence-electron chi connectivity index (χ4n) is 0.671. The molecule has 0 aromatic carbocycles. The van der Waals surface area contributed by atoms with Gasteiger partial charge in [0.25, 0.3) is 0 Å². The Kier molecular flexibility index (Phi) is 3.73. The second-order valence-corrected chi connectivity index (χ2v) is 6.78. The van der Waals surface area contributed by atoms with Gasteiger partial charge in [-0.2, -0.15) is 0 Å². The van der Waals surface area contributed by atoms with Crippen LogP contribution in [0.5, 0.6) is 0 Å². The van der Waals surface area contributed by atoms with Gasteiger partial charge < -0.3 is 0 Å². The molecule has 0 aromatic rings. The van der Waals surface area contributed by atoms with E-state index in [0.717, 1.165) is 0 Å². The van der Waals surface area contributed by atoms with Gasteiger partial charge in [0, 0.05) is 0 Å². The van der Waals surface area contributed by atoms with Gasteiger partial charge in [0.1, 0.15) is 0 Å². The molecule has 9 heavy (non-hydrogen) atoms. The highest BCUT2D eigenvalue weighted by Gasteiger charge is 2.17. The maximum atomic E-state index is 2.40. The van der Waals surface area contributed by atoms with Crippen LogP contribution in [0.2, 0.25) is 0 Å². The molecular formula is C8H19P. The molecule has 56 valence electrons. The number of hydrogen-bond acceptors (Lipinski definition) is 0. The van der Waals surface area contributed by atoms with E-state index in [4.69, 9.17) is 0 Å². The molecule has 0 fully saturated rings. The molecule has 0 radical (unpaired) electrons. The third-order valence-corrected chi connectivity index (χ3v) is 5.11. The Bertz CT molecular complexity index is 71.1. The summed E-state index contributed by atoms with van der Waals surface area (Å²) in [6.45, 7) is 11.7. The summed E-state index contributed by atoms with van der Waals surface area (Å²) >= 11 is 0. The first-order valence-electron chi connectivity index (χ1n) is 3.69. The summed E-state index contributed by atoms with van der Waals surface area (Å²) < 4.78 is 0. The zero-order chi connectivity index (χ0) is 7.49. The van der Waals surface area contributed by atoms with E-state index in [1.807, 2.05) is 0 Å². The highest BCUT2D eigenvalue weighted by Crippen LogP contribution is 2.45. The van der Waals surface area contributed by atoms with Crippen molar-refractivity contribution in [3.05, 3.63) is 0 Å². The summed E-state index contributed by atoms with van der Waals surface area (Å²) in [6, 6.07) is 0. The molecule has 0 saturated heterocycles. The standard InChI is InChI=1S/C8H19P/c1-6-7-9(5)8(2,3)4/h6-7H2,1-5H3. The predicted octanol–water partition coefficient (Wildman–Crippen LogP) is 3.31. The van der Waals surface area contributed by atoms with Crippen LogP contribution >= 0.6 is 7.92 Å². The van der Waals surface area contributed by atoms with Crippen LogP contribution in [0.3, 0.4) is 0 Å². The minimum Gasteiger partial charge on any atom is -0.104 e. The van der Waals surface area contributed by atoms with Crippen molar-refractivity contribution < 1.29 is 0 Å². The first kappa shape index (κ1) is 9.43. The van der Waals surface area contributed by atoms with Crippen LogP contribution < -0.4 is 0 Å². The van der Waals surface area contributed by atoms with Crippen LogP contribution in [-0.2, 0) is 0 Å².